The van der Waals surface area contributed by atoms with Crippen molar-refractivity contribution in [2.24, 2.45) is 0 Å². The summed E-state index contributed by atoms with van der Waals surface area (Å²) < 4.78 is 0. The zero-order valence-electron chi connectivity index (χ0n) is 5.07. The summed E-state index contributed by atoms with van der Waals surface area (Å²) in [6.07, 6.45) is 7.75. The van der Waals surface area contributed by atoms with E-state index in [-0.39, 0.29) is 18.9 Å². The largest absolute Gasteiger partial charge is 1.00 e. The molecule has 0 bridgehead atoms. The Balaban J connectivity index is 0. The zero-order chi connectivity index (χ0) is 4.83. The molecule has 0 aromatic carbocycles. The normalized spacial score (nSPS) is 9.86. The van der Waals surface area contributed by atoms with Crippen LogP contribution in [0.5, 0.6) is 0 Å². The summed E-state index contributed by atoms with van der Waals surface area (Å²) in [5, 5.41) is 0. The summed E-state index contributed by atoms with van der Waals surface area (Å²) in [7, 11) is 0. The first-order valence-corrected chi connectivity index (χ1v) is 2.04. The van der Waals surface area contributed by atoms with E-state index in [1.807, 2.05) is 13.0 Å². The van der Waals surface area contributed by atoms with E-state index in [9.17, 15) is 0 Å². The first kappa shape index (κ1) is 10.1. The van der Waals surface area contributed by atoms with Crippen molar-refractivity contribution in [1.82, 2.24) is 0 Å². The van der Waals surface area contributed by atoms with Crippen molar-refractivity contribution in [2.45, 2.75) is 13.3 Å². The van der Waals surface area contributed by atoms with Gasteiger partial charge < -0.3 is 6.08 Å². The third-order valence-electron chi connectivity index (χ3n) is 0.204. The van der Waals surface area contributed by atoms with Gasteiger partial charge >= 0.3 is 18.9 Å². The summed E-state index contributed by atoms with van der Waals surface area (Å²) in [6, 6.07) is 0. The third-order valence-corrected chi connectivity index (χ3v) is 0.204. The Morgan fingerprint density at radius 2 is 2.00 bits per heavy atom. The Bertz CT molecular complexity index is 51.2. The van der Waals surface area contributed by atoms with Crippen LogP contribution in [0.25, 0.3) is 0 Å². The molecule has 0 aliphatic heterocycles. The van der Waals surface area contributed by atoms with Gasteiger partial charge in [0.25, 0.3) is 0 Å². The van der Waals surface area contributed by atoms with Crippen LogP contribution in [0.1, 0.15) is 13.3 Å². The molecule has 0 spiro atoms. The molecule has 7 heavy (non-hydrogen) atoms. The minimum atomic E-state index is 0. The van der Waals surface area contributed by atoms with Gasteiger partial charge in [-0.25, -0.2) is 6.42 Å². The van der Waals surface area contributed by atoms with E-state index in [4.69, 9.17) is 0 Å². The van der Waals surface area contributed by atoms with Crippen molar-refractivity contribution >= 4 is 0 Å². The standard InChI is InChI=1S/C3H3.C3H6.Li/c1-2-3-1;1-3-2;/h1H,2H2;3H,1H2,2H3;/q-1;;+1. The summed E-state index contributed by atoms with van der Waals surface area (Å²) in [4.78, 5) is 0. The molecule has 0 amide bonds. The molecule has 1 aliphatic rings. The first-order valence-electron chi connectivity index (χ1n) is 2.04. The molecule has 0 atom stereocenters. The van der Waals surface area contributed by atoms with Crippen molar-refractivity contribution in [2.75, 3.05) is 0 Å². The maximum absolute atomic E-state index is 3.36. The molecule has 0 unspecified atom stereocenters. The molecule has 0 N–H and O–H groups in total. The average Bonchev–Trinajstić information content (AvgIpc) is 2.11. The van der Waals surface area contributed by atoms with Gasteiger partial charge in [-0.1, -0.05) is 6.08 Å². The monoisotopic (exact) mass is 88.1 g/mol. The van der Waals surface area contributed by atoms with Crippen molar-refractivity contribution in [3.8, 4) is 0 Å². The molecular formula is C6H9Li. The molecule has 0 aromatic rings. The molecule has 0 fully saturated rings. The van der Waals surface area contributed by atoms with Gasteiger partial charge in [-0.2, -0.15) is 0 Å². The third kappa shape index (κ3) is 87.0. The summed E-state index contributed by atoms with van der Waals surface area (Å²) in [5.74, 6) is 0. The molecule has 0 radical (unpaired) electrons. The van der Waals surface area contributed by atoms with Gasteiger partial charge in [0.1, 0.15) is 0 Å². The van der Waals surface area contributed by atoms with Crippen molar-refractivity contribution in [1.29, 1.82) is 0 Å². The van der Waals surface area contributed by atoms with Gasteiger partial charge in [0, 0.05) is 0 Å². The zero-order valence-corrected chi connectivity index (χ0v) is 5.07. The van der Waals surface area contributed by atoms with Gasteiger partial charge in [-0.05, 0) is 6.92 Å². The smallest absolute Gasteiger partial charge is 0.502 e. The number of hydrogen-bond acceptors (Lipinski definition) is 0. The molecule has 1 aliphatic carbocycles. The molecule has 34 valence electrons. The molecular weight excluding hydrogens is 79.0 g/mol. The molecule has 0 nitrogen and oxygen atoms in total. The second kappa shape index (κ2) is 9.42. The van der Waals surface area contributed by atoms with Gasteiger partial charge in [0.2, 0.25) is 0 Å². The number of allylic oxidation sites excluding steroid dienone is 3. The maximum atomic E-state index is 3.36. The van der Waals surface area contributed by atoms with E-state index in [0.717, 1.165) is 6.42 Å². The Morgan fingerprint density at radius 1 is 1.86 bits per heavy atom. The molecule has 1 rings (SSSR count). The summed E-state index contributed by atoms with van der Waals surface area (Å²) in [5.41, 5.74) is 0. The molecule has 0 saturated heterocycles. The fourth-order valence-electron chi connectivity index (χ4n) is 0. The SMILES string of the molecule is C=CC.[C-]1=CC1.[Li+]. The van der Waals surface area contributed by atoms with Crippen LogP contribution < -0.4 is 18.9 Å². The van der Waals surface area contributed by atoms with Gasteiger partial charge in [-0.15, -0.1) is 6.58 Å². The second-order valence-corrected chi connectivity index (χ2v) is 1.02. The fraction of sp³-hybridized carbons (Fsp3) is 0.333. The van der Waals surface area contributed by atoms with Crippen molar-refractivity contribution < 1.29 is 18.9 Å². The minimum Gasteiger partial charge on any atom is -0.502 e. The second-order valence-electron chi connectivity index (χ2n) is 1.02. The Morgan fingerprint density at radius 3 is 2.00 bits per heavy atom. The predicted molar refractivity (Wildman–Crippen MR) is 28.3 cm³/mol. The summed E-state index contributed by atoms with van der Waals surface area (Å²) >= 11 is 0. The van der Waals surface area contributed by atoms with E-state index in [0.29, 0.717) is 0 Å². The maximum Gasteiger partial charge on any atom is 1.00 e. The topological polar surface area (TPSA) is 0 Å². The van der Waals surface area contributed by atoms with E-state index >= 15 is 0 Å². The van der Waals surface area contributed by atoms with Crippen LogP contribution in [0.15, 0.2) is 18.7 Å². The average molecular weight is 88.1 g/mol. The van der Waals surface area contributed by atoms with Crippen LogP contribution in [0.3, 0.4) is 0 Å². The van der Waals surface area contributed by atoms with E-state index in [2.05, 4.69) is 12.7 Å². The van der Waals surface area contributed by atoms with Crippen LogP contribution >= 0.6 is 0 Å². The fourth-order valence-corrected chi connectivity index (χ4v) is 0. The van der Waals surface area contributed by atoms with Crippen LogP contribution in [0, 0.1) is 6.08 Å². The predicted octanol–water partition coefficient (Wildman–Crippen LogP) is -1.05. The number of hydrogen-bond donors (Lipinski definition) is 0. The van der Waals surface area contributed by atoms with Crippen LogP contribution in [0.4, 0.5) is 0 Å². The Kier molecular flexibility index (Phi) is 13.7. The van der Waals surface area contributed by atoms with Crippen molar-refractivity contribution in [3.05, 3.63) is 24.8 Å². The van der Waals surface area contributed by atoms with E-state index < -0.39 is 0 Å². The quantitative estimate of drug-likeness (QED) is 0.201. The van der Waals surface area contributed by atoms with Crippen LogP contribution in [0.2, 0.25) is 0 Å². The molecule has 0 saturated carbocycles. The Hall–Kier alpha value is 0.0774. The number of rotatable bonds is 0. The molecule has 0 aromatic heterocycles. The van der Waals surface area contributed by atoms with Gasteiger partial charge in [0.05, 0.1) is 0 Å². The summed E-state index contributed by atoms with van der Waals surface area (Å²) in [6.45, 7) is 5.25. The van der Waals surface area contributed by atoms with Gasteiger partial charge in [-0.3, -0.25) is 6.08 Å². The van der Waals surface area contributed by atoms with E-state index in [1.165, 1.54) is 0 Å². The Labute approximate surface area is 57.5 Å². The first-order chi connectivity index (χ1) is 2.91. The van der Waals surface area contributed by atoms with Crippen molar-refractivity contribution in [3.63, 3.8) is 0 Å². The van der Waals surface area contributed by atoms with E-state index in [1.54, 1.807) is 6.08 Å². The van der Waals surface area contributed by atoms with Gasteiger partial charge in [0.15, 0.2) is 0 Å². The van der Waals surface area contributed by atoms with Crippen LogP contribution in [-0.4, -0.2) is 0 Å². The molecule has 1 heteroatoms. The minimum absolute atomic E-state index is 0. The van der Waals surface area contributed by atoms with Crippen LogP contribution in [-0.2, 0) is 0 Å². The molecule has 0 heterocycles.